The molecule has 6 unspecified atom stereocenters. The molecule has 0 aromatic heterocycles. The van der Waals surface area contributed by atoms with Crippen LogP contribution in [-0.2, 0) is 19.0 Å². The zero-order valence-electron chi connectivity index (χ0n) is 15.5. The van der Waals surface area contributed by atoms with Crippen LogP contribution in [0.4, 0.5) is 0 Å². The summed E-state index contributed by atoms with van der Waals surface area (Å²) in [6.07, 6.45) is 5.70. The molecule has 7 atom stereocenters. The van der Waals surface area contributed by atoms with Crippen LogP contribution >= 0.6 is 0 Å². The zero-order chi connectivity index (χ0) is 17.1. The van der Waals surface area contributed by atoms with Crippen LogP contribution in [0.1, 0.15) is 66.2 Å². The SMILES string of the molecule is CC1CCC2[C@@H]1CC1(C(C)C)CC(OC(=O)C3CCCO3)C2(C)O1. The summed E-state index contributed by atoms with van der Waals surface area (Å²) >= 11 is 0. The molecule has 4 rings (SSSR count). The van der Waals surface area contributed by atoms with Gasteiger partial charge in [-0.2, -0.15) is 0 Å². The highest BCUT2D eigenvalue weighted by molar-refractivity contribution is 5.75. The maximum Gasteiger partial charge on any atom is 0.335 e. The fraction of sp³-hybridized carbons (Fsp3) is 0.950. The van der Waals surface area contributed by atoms with E-state index in [9.17, 15) is 4.79 Å². The standard InChI is InChI=1S/C20H32O4/c1-12(2)20-10-14-13(3)7-8-15(14)19(4,24-20)17(11-20)23-18(21)16-6-5-9-22-16/h12-17H,5-11H2,1-4H3/t13?,14-,15?,16?,17?,19?,20?/m1/s1. The van der Waals surface area contributed by atoms with E-state index in [2.05, 4.69) is 27.7 Å². The number of carbonyl (C=O) groups excluding carboxylic acids is 1. The topological polar surface area (TPSA) is 44.8 Å². The first-order valence-electron chi connectivity index (χ1n) is 9.88. The van der Waals surface area contributed by atoms with Crippen LogP contribution in [0.3, 0.4) is 0 Å². The third kappa shape index (κ3) is 2.36. The van der Waals surface area contributed by atoms with Crippen LogP contribution in [0.25, 0.3) is 0 Å². The molecular formula is C20H32O4. The summed E-state index contributed by atoms with van der Waals surface area (Å²) in [6.45, 7) is 9.78. The average Bonchev–Trinajstić information content (AvgIpc) is 3.21. The third-order valence-electron chi connectivity index (χ3n) is 7.59. The van der Waals surface area contributed by atoms with Gasteiger partial charge < -0.3 is 14.2 Å². The summed E-state index contributed by atoms with van der Waals surface area (Å²) in [5, 5.41) is 0. The largest absolute Gasteiger partial charge is 0.457 e. The number of esters is 1. The van der Waals surface area contributed by atoms with E-state index < -0.39 is 0 Å². The van der Waals surface area contributed by atoms with Gasteiger partial charge in [0, 0.05) is 13.0 Å². The molecular weight excluding hydrogens is 304 g/mol. The lowest BCUT2D eigenvalue weighted by Gasteiger charge is -2.48. The number of hydrogen-bond donors (Lipinski definition) is 0. The summed E-state index contributed by atoms with van der Waals surface area (Å²) in [7, 11) is 0. The van der Waals surface area contributed by atoms with Crippen molar-refractivity contribution < 1.29 is 19.0 Å². The average molecular weight is 336 g/mol. The van der Waals surface area contributed by atoms with Crippen molar-refractivity contribution in [2.45, 2.75) is 89.6 Å². The molecule has 4 aliphatic rings. The summed E-state index contributed by atoms with van der Waals surface area (Å²) in [5.74, 6) is 2.25. The predicted molar refractivity (Wildman–Crippen MR) is 90.5 cm³/mol. The Bertz CT molecular complexity index is 512. The van der Waals surface area contributed by atoms with E-state index >= 15 is 0 Å². The smallest absolute Gasteiger partial charge is 0.335 e. The monoisotopic (exact) mass is 336 g/mol. The van der Waals surface area contributed by atoms with E-state index in [0.717, 1.165) is 31.6 Å². The van der Waals surface area contributed by atoms with Crippen LogP contribution in [-0.4, -0.2) is 36.0 Å². The quantitative estimate of drug-likeness (QED) is 0.737. The van der Waals surface area contributed by atoms with Crippen LogP contribution in [0.15, 0.2) is 0 Å². The van der Waals surface area contributed by atoms with Crippen molar-refractivity contribution in [2.24, 2.45) is 23.7 Å². The minimum absolute atomic E-state index is 0.128. The number of rotatable bonds is 3. The Labute approximate surface area is 145 Å². The molecule has 24 heavy (non-hydrogen) atoms. The van der Waals surface area contributed by atoms with Crippen molar-refractivity contribution in [1.29, 1.82) is 0 Å². The van der Waals surface area contributed by atoms with Gasteiger partial charge in [-0.25, -0.2) is 4.79 Å². The van der Waals surface area contributed by atoms with Gasteiger partial charge >= 0.3 is 5.97 Å². The van der Waals surface area contributed by atoms with E-state index in [0.29, 0.717) is 24.4 Å². The van der Waals surface area contributed by atoms with Crippen LogP contribution < -0.4 is 0 Å². The van der Waals surface area contributed by atoms with Gasteiger partial charge in [-0.1, -0.05) is 27.2 Å². The van der Waals surface area contributed by atoms with Crippen molar-refractivity contribution in [3.63, 3.8) is 0 Å². The second-order valence-corrected chi connectivity index (χ2v) is 9.17. The van der Waals surface area contributed by atoms with Crippen molar-refractivity contribution in [2.75, 3.05) is 6.61 Å². The van der Waals surface area contributed by atoms with Crippen LogP contribution in [0.2, 0.25) is 0 Å². The van der Waals surface area contributed by atoms with Crippen molar-refractivity contribution in [3.05, 3.63) is 0 Å². The van der Waals surface area contributed by atoms with Crippen molar-refractivity contribution in [3.8, 4) is 0 Å². The Morgan fingerprint density at radius 2 is 2.00 bits per heavy atom. The van der Waals surface area contributed by atoms with Crippen molar-refractivity contribution >= 4 is 5.97 Å². The van der Waals surface area contributed by atoms with Crippen LogP contribution in [0.5, 0.6) is 0 Å². The lowest BCUT2D eigenvalue weighted by atomic mass is 9.72. The Morgan fingerprint density at radius 1 is 1.21 bits per heavy atom. The van der Waals surface area contributed by atoms with Gasteiger partial charge in [-0.15, -0.1) is 0 Å². The molecule has 4 heteroatoms. The van der Waals surface area contributed by atoms with Gasteiger partial charge in [-0.3, -0.25) is 0 Å². The first kappa shape index (κ1) is 16.8. The van der Waals surface area contributed by atoms with Gasteiger partial charge in [0.15, 0.2) is 6.10 Å². The summed E-state index contributed by atoms with van der Waals surface area (Å²) in [4.78, 5) is 12.6. The molecule has 3 heterocycles. The first-order chi connectivity index (χ1) is 11.4. The Morgan fingerprint density at radius 3 is 2.67 bits per heavy atom. The van der Waals surface area contributed by atoms with Gasteiger partial charge in [0.25, 0.3) is 0 Å². The molecule has 4 nitrogen and oxygen atoms in total. The highest BCUT2D eigenvalue weighted by Crippen LogP contribution is 2.62. The Kier molecular flexibility index (Phi) is 4.00. The number of ether oxygens (including phenoxy) is 3. The van der Waals surface area contributed by atoms with Crippen LogP contribution in [0, 0.1) is 23.7 Å². The molecule has 0 aromatic carbocycles. The molecule has 1 aliphatic carbocycles. The Balaban J connectivity index is 1.60. The van der Waals surface area contributed by atoms with E-state index in [1.165, 1.54) is 12.8 Å². The fourth-order valence-corrected chi connectivity index (χ4v) is 5.95. The summed E-state index contributed by atoms with van der Waals surface area (Å²) < 4.78 is 18.3. The van der Waals surface area contributed by atoms with Crippen molar-refractivity contribution in [1.82, 2.24) is 0 Å². The molecule has 0 spiro atoms. The number of hydrogen-bond acceptors (Lipinski definition) is 4. The number of carbonyl (C=O) groups is 1. The Hall–Kier alpha value is -0.610. The highest BCUT2D eigenvalue weighted by atomic mass is 16.6. The molecule has 3 saturated heterocycles. The maximum absolute atomic E-state index is 12.6. The molecule has 3 aliphatic heterocycles. The molecule has 0 radical (unpaired) electrons. The first-order valence-corrected chi connectivity index (χ1v) is 9.88. The molecule has 4 fully saturated rings. The number of fused-ring (bicyclic) bond motifs is 4. The molecule has 1 saturated carbocycles. The lowest BCUT2D eigenvalue weighted by molar-refractivity contribution is -0.216. The lowest BCUT2D eigenvalue weighted by Crippen LogP contribution is -2.53. The highest BCUT2D eigenvalue weighted by Gasteiger charge is 2.66. The minimum Gasteiger partial charge on any atom is -0.457 e. The molecule has 0 N–H and O–H groups in total. The molecule has 2 bridgehead atoms. The summed E-state index contributed by atoms with van der Waals surface area (Å²) in [5.41, 5.74) is -0.456. The second kappa shape index (κ2) is 5.70. The van der Waals surface area contributed by atoms with E-state index in [4.69, 9.17) is 14.2 Å². The molecule has 136 valence electrons. The minimum atomic E-state index is -0.359. The maximum atomic E-state index is 12.6. The zero-order valence-corrected chi connectivity index (χ0v) is 15.5. The normalized spacial score (nSPS) is 50.3. The summed E-state index contributed by atoms with van der Waals surface area (Å²) in [6, 6.07) is 0. The van der Waals surface area contributed by atoms with E-state index in [1.54, 1.807) is 0 Å². The van der Waals surface area contributed by atoms with Gasteiger partial charge in [0.05, 0.1) is 5.60 Å². The fourth-order valence-electron chi connectivity index (χ4n) is 5.95. The van der Waals surface area contributed by atoms with Gasteiger partial charge in [0.1, 0.15) is 11.7 Å². The molecule has 0 aromatic rings. The predicted octanol–water partition coefficient (Wildman–Crippen LogP) is 3.72. The third-order valence-corrected chi connectivity index (χ3v) is 7.59. The van der Waals surface area contributed by atoms with E-state index in [-0.39, 0.29) is 29.4 Å². The molecule has 0 amide bonds. The van der Waals surface area contributed by atoms with Gasteiger partial charge in [0.2, 0.25) is 0 Å². The van der Waals surface area contributed by atoms with Gasteiger partial charge in [-0.05, 0) is 56.3 Å². The second-order valence-electron chi connectivity index (χ2n) is 9.17. The van der Waals surface area contributed by atoms with E-state index in [1.807, 2.05) is 0 Å².